The van der Waals surface area contributed by atoms with Gasteiger partial charge in [-0.15, -0.1) is 0 Å². The zero-order chi connectivity index (χ0) is 18.2. The number of benzene rings is 2. The van der Waals surface area contributed by atoms with Gasteiger partial charge in [0.05, 0.1) is 12.6 Å². The maximum atomic E-state index is 10.1. The molecule has 0 saturated heterocycles. The first kappa shape index (κ1) is 17.7. The van der Waals surface area contributed by atoms with Crippen LogP contribution in [0.3, 0.4) is 0 Å². The second-order valence-corrected chi connectivity index (χ2v) is 6.33. The third kappa shape index (κ3) is 4.09. The third-order valence-corrected chi connectivity index (χ3v) is 4.44. The molecule has 0 spiro atoms. The highest BCUT2D eigenvalue weighted by Gasteiger charge is 2.33. The van der Waals surface area contributed by atoms with E-state index in [1.807, 2.05) is 54.6 Å². The van der Waals surface area contributed by atoms with E-state index in [9.17, 15) is 5.26 Å². The average molecular weight is 346 g/mol. The van der Waals surface area contributed by atoms with Gasteiger partial charge in [-0.05, 0) is 36.2 Å². The Bertz CT molecular complexity index is 855. The van der Waals surface area contributed by atoms with E-state index >= 15 is 0 Å². The Morgan fingerprint density at radius 3 is 2.62 bits per heavy atom. The standard InChI is InChI=1S/C21H22N4O/c1-2-3-12-21(14-22,15-25-17-23-16-24-25)18-8-7-11-20(13-18)26-19-9-5-4-6-10-19/h4-11,13,16-17H,2-3,12,15H2,1H3. The van der Waals surface area contributed by atoms with Crippen molar-refractivity contribution >= 4 is 0 Å². The van der Waals surface area contributed by atoms with Crippen LogP contribution in [0.4, 0.5) is 0 Å². The molecule has 3 rings (SSSR count). The fraction of sp³-hybridized carbons (Fsp3) is 0.286. The van der Waals surface area contributed by atoms with Crippen LogP contribution >= 0.6 is 0 Å². The van der Waals surface area contributed by atoms with Gasteiger partial charge in [0, 0.05) is 0 Å². The summed E-state index contributed by atoms with van der Waals surface area (Å²) >= 11 is 0. The van der Waals surface area contributed by atoms with Crippen molar-refractivity contribution in [2.24, 2.45) is 0 Å². The second-order valence-electron chi connectivity index (χ2n) is 6.33. The Morgan fingerprint density at radius 1 is 1.12 bits per heavy atom. The molecule has 0 N–H and O–H groups in total. The van der Waals surface area contributed by atoms with E-state index in [4.69, 9.17) is 4.74 Å². The van der Waals surface area contributed by atoms with E-state index in [0.29, 0.717) is 6.54 Å². The van der Waals surface area contributed by atoms with Gasteiger partial charge in [0.1, 0.15) is 29.6 Å². The van der Waals surface area contributed by atoms with Crippen LogP contribution in [-0.4, -0.2) is 14.8 Å². The highest BCUT2D eigenvalue weighted by atomic mass is 16.5. The fourth-order valence-electron chi connectivity index (χ4n) is 3.02. The molecule has 1 atom stereocenters. The predicted octanol–water partition coefficient (Wildman–Crippen LogP) is 4.72. The van der Waals surface area contributed by atoms with Gasteiger partial charge in [0.25, 0.3) is 0 Å². The molecule has 0 aliphatic rings. The van der Waals surface area contributed by atoms with E-state index in [1.54, 1.807) is 11.0 Å². The maximum absolute atomic E-state index is 10.1. The maximum Gasteiger partial charge on any atom is 0.137 e. The molecule has 0 bridgehead atoms. The van der Waals surface area contributed by atoms with Gasteiger partial charge in [-0.2, -0.15) is 10.4 Å². The summed E-state index contributed by atoms with van der Waals surface area (Å²) in [6, 6.07) is 20.0. The lowest BCUT2D eigenvalue weighted by Crippen LogP contribution is -2.30. The summed E-state index contributed by atoms with van der Waals surface area (Å²) in [5, 5.41) is 14.3. The van der Waals surface area contributed by atoms with Gasteiger partial charge in [0.15, 0.2) is 0 Å². The molecular formula is C21H22N4O. The van der Waals surface area contributed by atoms with Crippen molar-refractivity contribution in [3.63, 3.8) is 0 Å². The molecular weight excluding hydrogens is 324 g/mol. The molecule has 3 aromatic rings. The van der Waals surface area contributed by atoms with Crippen LogP contribution in [-0.2, 0) is 12.0 Å². The van der Waals surface area contributed by atoms with Gasteiger partial charge < -0.3 is 4.74 Å². The van der Waals surface area contributed by atoms with Crippen LogP contribution < -0.4 is 4.74 Å². The zero-order valence-electron chi connectivity index (χ0n) is 14.9. The highest BCUT2D eigenvalue weighted by Crippen LogP contribution is 2.34. The molecule has 0 radical (unpaired) electrons. The van der Waals surface area contributed by atoms with Crippen LogP contribution in [0.1, 0.15) is 31.7 Å². The minimum Gasteiger partial charge on any atom is -0.457 e. The first-order valence-corrected chi connectivity index (χ1v) is 8.83. The number of hydrogen-bond donors (Lipinski definition) is 0. The fourth-order valence-corrected chi connectivity index (χ4v) is 3.02. The van der Waals surface area contributed by atoms with Crippen LogP contribution in [0, 0.1) is 11.3 Å². The Balaban J connectivity index is 1.92. The van der Waals surface area contributed by atoms with E-state index in [2.05, 4.69) is 23.1 Å². The van der Waals surface area contributed by atoms with Crippen molar-refractivity contribution in [1.29, 1.82) is 5.26 Å². The van der Waals surface area contributed by atoms with Crippen LogP contribution in [0.5, 0.6) is 11.5 Å². The molecule has 0 aliphatic carbocycles. The minimum atomic E-state index is -0.667. The Labute approximate surface area is 153 Å². The lowest BCUT2D eigenvalue weighted by molar-refractivity contribution is 0.388. The second kappa shape index (κ2) is 8.30. The summed E-state index contributed by atoms with van der Waals surface area (Å²) in [6.45, 7) is 2.60. The third-order valence-electron chi connectivity index (χ3n) is 4.44. The quantitative estimate of drug-likeness (QED) is 0.592. The number of nitrogens with zero attached hydrogens (tertiary/aromatic N) is 4. The number of unbranched alkanes of at least 4 members (excludes halogenated alkanes) is 1. The topological polar surface area (TPSA) is 63.7 Å². The highest BCUT2D eigenvalue weighted by molar-refractivity contribution is 5.40. The van der Waals surface area contributed by atoms with Gasteiger partial charge in [-0.1, -0.05) is 50.1 Å². The number of nitriles is 1. The monoisotopic (exact) mass is 346 g/mol. The molecule has 26 heavy (non-hydrogen) atoms. The van der Waals surface area contributed by atoms with E-state index in [1.165, 1.54) is 6.33 Å². The van der Waals surface area contributed by atoms with E-state index in [-0.39, 0.29) is 0 Å². The molecule has 0 fully saturated rings. The minimum absolute atomic E-state index is 0.471. The summed E-state index contributed by atoms with van der Waals surface area (Å²) < 4.78 is 7.68. The number of aromatic nitrogens is 3. The van der Waals surface area contributed by atoms with Crippen molar-refractivity contribution < 1.29 is 4.74 Å². The number of rotatable bonds is 8. The van der Waals surface area contributed by atoms with Crippen LogP contribution in [0.15, 0.2) is 67.3 Å². The smallest absolute Gasteiger partial charge is 0.137 e. The lowest BCUT2D eigenvalue weighted by Gasteiger charge is -2.27. The van der Waals surface area contributed by atoms with Crippen molar-refractivity contribution in [1.82, 2.24) is 14.8 Å². The first-order chi connectivity index (χ1) is 12.8. The zero-order valence-corrected chi connectivity index (χ0v) is 14.9. The average Bonchev–Trinajstić information content (AvgIpc) is 3.19. The summed E-state index contributed by atoms with van der Waals surface area (Å²) in [7, 11) is 0. The summed E-state index contributed by atoms with van der Waals surface area (Å²) in [4.78, 5) is 4.01. The molecule has 1 aromatic heterocycles. The van der Waals surface area contributed by atoms with E-state index < -0.39 is 5.41 Å². The van der Waals surface area contributed by atoms with Crippen LogP contribution in [0.25, 0.3) is 0 Å². The summed E-state index contributed by atoms with van der Waals surface area (Å²) in [5.74, 6) is 1.50. The molecule has 0 amide bonds. The van der Waals surface area contributed by atoms with Gasteiger partial charge in [-0.25, -0.2) is 4.98 Å². The number of ether oxygens (including phenoxy) is 1. The molecule has 0 aliphatic heterocycles. The van der Waals surface area contributed by atoms with Crippen LogP contribution in [0.2, 0.25) is 0 Å². The van der Waals surface area contributed by atoms with Crippen molar-refractivity contribution in [3.05, 3.63) is 72.8 Å². The SMILES string of the molecule is CCCCC(C#N)(Cn1cncn1)c1cccc(Oc2ccccc2)c1. The Morgan fingerprint density at radius 2 is 1.92 bits per heavy atom. The molecule has 0 saturated carbocycles. The summed E-state index contributed by atoms with van der Waals surface area (Å²) in [5.41, 5.74) is 0.275. The Kier molecular flexibility index (Phi) is 5.65. The lowest BCUT2D eigenvalue weighted by atomic mass is 9.77. The summed E-state index contributed by atoms with van der Waals surface area (Å²) in [6.07, 6.45) is 5.90. The molecule has 2 aromatic carbocycles. The van der Waals surface area contributed by atoms with Crippen molar-refractivity contribution in [2.75, 3.05) is 0 Å². The largest absolute Gasteiger partial charge is 0.457 e. The van der Waals surface area contributed by atoms with Gasteiger partial charge in [-0.3, -0.25) is 4.68 Å². The molecule has 1 unspecified atom stereocenters. The predicted molar refractivity (Wildman–Crippen MR) is 99.8 cm³/mol. The van der Waals surface area contributed by atoms with Crippen molar-refractivity contribution in [2.45, 2.75) is 38.1 Å². The molecule has 5 heteroatoms. The normalized spacial score (nSPS) is 12.9. The van der Waals surface area contributed by atoms with Crippen molar-refractivity contribution in [3.8, 4) is 17.6 Å². The van der Waals surface area contributed by atoms with Gasteiger partial charge >= 0.3 is 0 Å². The number of hydrogen-bond acceptors (Lipinski definition) is 4. The Hall–Kier alpha value is -3.13. The number of para-hydroxylation sites is 1. The molecule has 5 nitrogen and oxygen atoms in total. The molecule has 132 valence electrons. The first-order valence-electron chi connectivity index (χ1n) is 8.83. The van der Waals surface area contributed by atoms with E-state index in [0.717, 1.165) is 36.3 Å². The van der Waals surface area contributed by atoms with Gasteiger partial charge in [0.2, 0.25) is 0 Å². The molecule has 1 heterocycles.